The summed E-state index contributed by atoms with van der Waals surface area (Å²) in [6.45, 7) is 6.57. The third-order valence-electron chi connectivity index (χ3n) is 3.23. The lowest BCUT2D eigenvalue weighted by atomic mass is 10.2. The van der Waals surface area contributed by atoms with Gasteiger partial charge in [0.1, 0.15) is 17.0 Å². The fraction of sp³-hybridized carbons (Fsp3) is 0.533. The van der Waals surface area contributed by atoms with E-state index in [1.807, 2.05) is 4.90 Å². The zero-order valence-electron chi connectivity index (χ0n) is 13.0. The molecule has 0 unspecified atom stereocenters. The van der Waals surface area contributed by atoms with Crippen LogP contribution >= 0.6 is 0 Å². The molecule has 2 heterocycles. The number of nitrogens with zero attached hydrogens (tertiary/aromatic N) is 2. The van der Waals surface area contributed by atoms with Crippen LogP contribution in [-0.4, -0.2) is 46.9 Å². The highest BCUT2D eigenvalue weighted by Gasteiger charge is 2.28. The Kier molecular flexibility index (Phi) is 4.54. The van der Waals surface area contributed by atoms with Gasteiger partial charge in [-0.3, -0.25) is 0 Å². The number of hydrogen-bond acceptors (Lipinski definition) is 5. The Bertz CT molecular complexity index is 568. The van der Waals surface area contributed by atoms with Crippen LogP contribution in [0.3, 0.4) is 0 Å². The molecule has 1 aromatic rings. The first-order valence-electron chi connectivity index (χ1n) is 7.19. The predicted molar refractivity (Wildman–Crippen MR) is 81.2 cm³/mol. The Morgan fingerprint density at radius 3 is 2.82 bits per heavy atom. The van der Waals surface area contributed by atoms with Gasteiger partial charge in [-0.15, -0.1) is 0 Å². The average Bonchev–Trinajstić information content (AvgIpc) is 2.84. The zero-order valence-corrected chi connectivity index (χ0v) is 13.0. The molecule has 1 atom stereocenters. The van der Waals surface area contributed by atoms with Crippen LogP contribution in [0.15, 0.2) is 18.3 Å². The van der Waals surface area contributed by atoms with E-state index in [2.05, 4.69) is 10.3 Å². The second kappa shape index (κ2) is 6.21. The number of carboxylic acids is 1. The van der Waals surface area contributed by atoms with Crippen molar-refractivity contribution in [2.24, 2.45) is 0 Å². The van der Waals surface area contributed by atoms with Crippen LogP contribution in [0.5, 0.6) is 0 Å². The minimum atomic E-state index is -1.01. The van der Waals surface area contributed by atoms with Crippen molar-refractivity contribution in [2.45, 2.75) is 38.8 Å². The molecule has 7 heteroatoms. The number of hydrogen-bond donors (Lipinski definition) is 2. The molecule has 22 heavy (non-hydrogen) atoms. The maximum Gasteiger partial charge on any atom is 0.407 e. The Morgan fingerprint density at radius 1 is 1.45 bits per heavy atom. The number of rotatable bonds is 3. The number of ether oxygens (including phenoxy) is 1. The number of alkyl carbamates (subject to hydrolysis) is 1. The Labute approximate surface area is 129 Å². The number of anilines is 1. The SMILES string of the molecule is CC(C)(C)OC(=O)N[C@H]1CCN(c2ncccc2C(=O)O)C1. The van der Waals surface area contributed by atoms with Crippen molar-refractivity contribution in [3.05, 3.63) is 23.9 Å². The topological polar surface area (TPSA) is 91.8 Å². The van der Waals surface area contributed by atoms with Gasteiger partial charge in [-0.1, -0.05) is 0 Å². The van der Waals surface area contributed by atoms with Crippen molar-refractivity contribution < 1.29 is 19.4 Å². The Balaban J connectivity index is 1.99. The summed E-state index contributed by atoms with van der Waals surface area (Å²) in [4.78, 5) is 29.0. The summed E-state index contributed by atoms with van der Waals surface area (Å²) in [5, 5.41) is 12.0. The molecule has 2 N–H and O–H groups in total. The second-order valence-corrected chi connectivity index (χ2v) is 6.26. The summed E-state index contributed by atoms with van der Waals surface area (Å²) in [5.74, 6) is -0.574. The van der Waals surface area contributed by atoms with Crippen LogP contribution < -0.4 is 10.2 Å². The second-order valence-electron chi connectivity index (χ2n) is 6.26. The van der Waals surface area contributed by atoms with Crippen LogP contribution in [0.4, 0.5) is 10.6 Å². The number of aromatic nitrogens is 1. The molecule has 1 saturated heterocycles. The maximum atomic E-state index is 11.8. The van der Waals surface area contributed by atoms with E-state index >= 15 is 0 Å². The molecule has 120 valence electrons. The van der Waals surface area contributed by atoms with Crippen LogP contribution in [0.2, 0.25) is 0 Å². The molecule has 2 rings (SSSR count). The van der Waals surface area contributed by atoms with E-state index < -0.39 is 17.7 Å². The van der Waals surface area contributed by atoms with Crippen LogP contribution in [-0.2, 0) is 4.74 Å². The van der Waals surface area contributed by atoms with Crippen molar-refractivity contribution in [3.8, 4) is 0 Å². The smallest absolute Gasteiger partial charge is 0.407 e. The Morgan fingerprint density at radius 2 is 2.18 bits per heavy atom. The lowest BCUT2D eigenvalue weighted by Crippen LogP contribution is -2.40. The molecular formula is C15H21N3O4. The van der Waals surface area contributed by atoms with Crippen molar-refractivity contribution >= 4 is 17.9 Å². The van der Waals surface area contributed by atoms with Crippen molar-refractivity contribution in [3.63, 3.8) is 0 Å². The highest BCUT2D eigenvalue weighted by molar-refractivity contribution is 5.93. The normalized spacial score (nSPS) is 18.1. The van der Waals surface area contributed by atoms with Crippen molar-refractivity contribution in [2.75, 3.05) is 18.0 Å². The monoisotopic (exact) mass is 307 g/mol. The molecule has 0 aromatic carbocycles. The van der Waals surface area contributed by atoms with Gasteiger partial charge in [-0.2, -0.15) is 0 Å². The van der Waals surface area contributed by atoms with Gasteiger partial charge >= 0.3 is 12.1 Å². The quantitative estimate of drug-likeness (QED) is 0.886. The molecule has 0 spiro atoms. The van der Waals surface area contributed by atoms with Gasteiger partial charge < -0.3 is 20.1 Å². The van der Waals surface area contributed by atoms with E-state index in [-0.39, 0.29) is 11.6 Å². The summed E-state index contributed by atoms with van der Waals surface area (Å²) in [6.07, 6.45) is 1.82. The van der Waals surface area contributed by atoms with Gasteiger partial charge in [-0.05, 0) is 39.3 Å². The number of carbonyl (C=O) groups is 2. The molecule has 0 bridgehead atoms. The van der Waals surface area contributed by atoms with E-state index in [4.69, 9.17) is 4.74 Å². The minimum absolute atomic E-state index is 0.0847. The van der Waals surface area contributed by atoms with Gasteiger partial charge in [0.25, 0.3) is 0 Å². The van der Waals surface area contributed by atoms with Crippen molar-refractivity contribution in [1.29, 1.82) is 0 Å². The first-order chi connectivity index (χ1) is 10.3. The molecular weight excluding hydrogens is 286 g/mol. The average molecular weight is 307 g/mol. The number of carboxylic acid groups (broad SMARTS) is 1. The number of aromatic carboxylic acids is 1. The number of amides is 1. The molecule has 1 fully saturated rings. The van der Waals surface area contributed by atoms with Gasteiger partial charge in [0.05, 0.1) is 6.04 Å². The summed E-state index contributed by atoms with van der Waals surface area (Å²) in [6, 6.07) is 3.04. The third kappa shape index (κ3) is 4.09. The predicted octanol–water partition coefficient (Wildman–Crippen LogP) is 1.88. The summed E-state index contributed by atoms with van der Waals surface area (Å²) >= 11 is 0. The molecule has 0 saturated carbocycles. The maximum absolute atomic E-state index is 11.8. The molecule has 0 radical (unpaired) electrons. The van der Waals surface area contributed by atoms with Crippen molar-refractivity contribution in [1.82, 2.24) is 10.3 Å². The largest absolute Gasteiger partial charge is 0.478 e. The molecule has 1 aromatic heterocycles. The van der Waals surface area contributed by atoms with Gasteiger partial charge in [-0.25, -0.2) is 14.6 Å². The Hall–Kier alpha value is -2.31. The standard InChI is InChI=1S/C15H21N3O4/c1-15(2,3)22-14(21)17-10-6-8-18(9-10)12-11(13(19)20)5-4-7-16-12/h4-5,7,10H,6,8-9H2,1-3H3,(H,17,21)(H,19,20)/t10-/m0/s1. The molecule has 1 aliphatic rings. The summed E-state index contributed by atoms with van der Waals surface area (Å²) in [7, 11) is 0. The fourth-order valence-corrected chi connectivity index (χ4v) is 2.36. The van der Waals surface area contributed by atoms with E-state index in [1.165, 1.54) is 6.07 Å². The first-order valence-corrected chi connectivity index (χ1v) is 7.19. The molecule has 7 nitrogen and oxygen atoms in total. The van der Waals surface area contributed by atoms with E-state index in [9.17, 15) is 14.7 Å². The van der Waals surface area contributed by atoms with E-state index in [1.54, 1.807) is 33.0 Å². The van der Waals surface area contributed by atoms with Gasteiger partial charge in [0.2, 0.25) is 0 Å². The lowest BCUT2D eigenvalue weighted by molar-refractivity contribution is 0.0508. The molecule has 1 amide bonds. The van der Waals surface area contributed by atoms with Crippen LogP contribution in [0, 0.1) is 0 Å². The third-order valence-corrected chi connectivity index (χ3v) is 3.23. The minimum Gasteiger partial charge on any atom is -0.478 e. The fourth-order valence-electron chi connectivity index (χ4n) is 2.36. The first kappa shape index (κ1) is 16.1. The van der Waals surface area contributed by atoms with Gasteiger partial charge in [0.15, 0.2) is 0 Å². The van der Waals surface area contributed by atoms with E-state index in [0.29, 0.717) is 18.9 Å². The lowest BCUT2D eigenvalue weighted by Gasteiger charge is -2.22. The molecule has 1 aliphatic heterocycles. The summed E-state index contributed by atoms with van der Waals surface area (Å²) in [5.41, 5.74) is -0.375. The summed E-state index contributed by atoms with van der Waals surface area (Å²) < 4.78 is 5.22. The number of pyridine rings is 1. The number of nitrogens with one attached hydrogen (secondary N) is 1. The molecule has 0 aliphatic carbocycles. The highest BCUT2D eigenvalue weighted by atomic mass is 16.6. The van der Waals surface area contributed by atoms with Crippen LogP contribution in [0.25, 0.3) is 0 Å². The van der Waals surface area contributed by atoms with E-state index in [0.717, 1.165) is 6.42 Å². The highest BCUT2D eigenvalue weighted by Crippen LogP contribution is 2.22. The van der Waals surface area contributed by atoms with Crippen LogP contribution in [0.1, 0.15) is 37.6 Å². The number of carbonyl (C=O) groups excluding carboxylic acids is 1. The zero-order chi connectivity index (χ0) is 16.3. The van der Waals surface area contributed by atoms with Gasteiger partial charge in [0, 0.05) is 19.3 Å².